The third kappa shape index (κ3) is 3.19. The van der Waals surface area contributed by atoms with Gasteiger partial charge in [0.2, 0.25) is 0 Å². The first-order chi connectivity index (χ1) is 8.12. The zero-order valence-electron chi connectivity index (χ0n) is 11.7. The predicted octanol–water partition coefficient (Wildman–Crippen LogP) is 1.44. The summed E-state index contributed by atoms with van der Waals surface area (Å²) in [6, 6.07) is 0. The third-order valence-corrected chi connectivity index (χ3v) is 4.26. The summed E-state index contributed by atoms with van der Waals surface area (Å²) in [7, 11) is 3.36. The highest BCUT2D eigenvalue weighted by Gasteiger charge is 2.40. The lowest BCUT2D eigenvalue weighted by atomic mass is 9.89. The molecule has 1 heterocycles. The Morgan fingerprint density at radius 3 is 2.18 bits per heavy atom. The fourth-order valence-electron chi connectivity index (χ4n) is 2.83. The molecule has 2 N–H and O–H groups in total. The van der Waals surface area contributed by atoms with Crippen molar-refractivity contribution in [2.75, 3.05) is 33.9 Å². The smallest absolute Gasteiger partial charge is 0.176 e. The molecule has 1 aliphatic heterocycles. The van der Waals surface area contributed by atoms with E-state index in [1.807, 2.05) is 0 Å². The van der Waals surface area contributed by atoms with Crippen LogP contribution in [0.5, 0.6) is 0 Å². The maximum atomic E-state index is 5.96. The summed E-state index contributed by atoms with van der Waals surface area (Å²) < 4.78 is 10.8. The van der Waals surface area contributed by atoms with Gasteiger partial charge in [-0.2, -0.15) is 0 Å². The van der Waals surface area contributed by atoms with Gasteiger partial charge in [-0.25, -0.2) is 0 Å². The molecule has 0 aliphatic carbocycles. The van der Waals surface area contributed by atoms with Gasteiger partial charge in [0.15, 0.2) is 6.29 Å². The van der Waals surface area contributed by atoms with Crippen molar-refractivity contribution >= 4 is 0 Å². The van der Waals surface area contributed by atoms with Crippen molar-refractivity contribution in [3.8, 4) is 0 Å². The Morgan fingerprint density at radius 1 is 1.29 bits per heavy atom. The molecule has 0 aromatic rings. The van der Waals surface area contributed by atoms with Crippen molar-refractivity contribution in [1.29, 1.82) is 0 Å². The molecular weight excluding hydrogens is 216 g/mol. The van der Waals surface area contributed by atoms with Crippen LogP contribution in [-0.2, 0) is 9.47 Å². The molecule has 0 bridgehead atoms. The van der Waals surface area contributed by atoms with E-state index in [1.165, 1.54) is 19.3 Å². The predicted molar refractivity (Wildman–Crippen MR) is 69.9 cm³/mol. The number of hydrogen-bond acceptors (Lipinski definition) is 4. The number of nitrogens with zero attached hydrogens (tertiary/aromatic N) is 1. The highest BCUT2D eigenvalue weighted by Crippen LogP contribution is 2.28. The minimum absolute atomic E-state index is 0.220. The van der Waals surface area contributed by atoms with Crippen LogP contribution in [0, 0.1) is 5.92 Å². The lowest BCUT2D eigenvalue weighted by Crippen LogP contribution is -2.62. The molecule has 0 aromatic heterocycles. The van der Waals surface area contributed by atoms with Gasteiger partial charge in [-0.3, -0.25) is 4.90 Å². The van der Waals surface area contributed by atoms with Gasteiger partial charge in [0.1, 0.15) is 0 Å². The average molecular weight is 244 g/mol. The second-order valence-corrected chi connectivity index (χ2v) is 5.20. The molecular formula is C13H28N2O2. The normalized spacial score (nSPS) is 22.9. The molecule has 1 atom stereocenters. The second kappa shape index (κ2) is 6.69. The van der Waals surface area contributed by atoms with E-state index in [0.717, 1.165) is 19.0 Å². The molecule has 0 amide bonds. The van der Waals surface area contributed by atoms with Gasteiger partial charge in [-0.15, -0.1) is 0 Å². The molecule has 1 rings (SSSR count). The first-order valence-electron chi connectivity index (χ1n) is 6.63. The number of hydrogen-bond donors (Lipinski definition) is 1. The lowest BCUT2D eigenvalue weighted by molar-refractivity contribution is -0.185. The third-order valence-electron chi connectivity index (χ3n) is 4.26. The molecule has 4 heteroatoms. The van der Waals surface area contributed by atoms with E-state index in [0.29, 0.717) is 6.54 Å². The van der Waals surface area contributed by atoms with Crippen LogP contribution in [0.25, 0.3) is 0 Å². The Bertz CT molecular complexity index is 213. The van der Waals surface area contributed by atoms with Crippen molar-refractivity contribution in [2.45, 2.75) is 44.9 Å². The summed E-state index contributed by atoms with van der Waals surface area (Å²) in [5.41, 5.74) is 5.74. The van der Waals surface area contributed by atoms with Crippen LogP contribution in [0.1, 0.15) is 33.1 Å². The first kappa shape index (κ1) is 14.9. The first-order valence-corrected chi connectivity index (χ1v) is 6.63. The molecule has 0 aromatic carbocycles. The van der Waals surface area contributed by atoms with Gasteiger partial charge in [-0.1, -0.05) is 13.3 Å². The molecule has 1 aliphatic rings. The number of rotatable bonds is 6. The Hall–Kier alpha value is -0.160. The molecule has 0 radical (unpaired) electrons. The summed E-state index contributed by atoms with van der Waals surface area (Å²) >= 11 is 0. The van der Waals surface area contributed by atoms with E-state index in [1.54, 1.807) is 14.2 Å². The Labute approximate surface area is 105 Å². The zero-order chi connectivity index (χ0) is 12.9. The Morgan fingerprint density at radius 2 is 1.82 bits per heavy atom. The summed E-state index contributed by atoms with van der Waals surface area (Å²) in [6.45, 7) is 7.15. The Kier molecular flexibility index (Phi) is 5.86. The standard InChI is InChI=1S/C13H28N2O2/c1-5-11-6-8-15(9-7-11)13(2,10-14)12(16-3)17-4/h11-12H,5-10,14H2,1-4H3. The topological polar surface area (TPSA) is 47.7 Å². The average Bonchev–Trinajstić information content (AvgIpc) is 2.39. The maximum Gasteiger partial charge on any atom is 0.176 e. The summed E-state index contributed by atoms with van der Waals surface area (Å²) in [6.07, 6.45) is 3.54. The number of piperidine rings is 1. The minimum Gasteiger partial charge on any atom is -0.354 e. The quantitative estimate of drug-likeness (QED) is 0.718. The Balaban J connectivity index is 2.67. The van der Waals surface area contributed by atoms with Gasteiger partial charge in [-0.05, 0) is 38.8 Å². The van der Waals surface area contributed by atoms with Crippen molar-refractivity contribution in [3.05, 3.63) is 0 Å². The van der Waals surface area contributed by atoms with Crippen LogP contribution in [0.4, 0.5) is 0 Å². The zero-order valence-corrected chi connectivity index (χ0v) is 11.7. The van der Waals surface area contributed by atoms with Crippen molar-refractivity contribution in [1.82, 2.24) is 4.90 Å². The van der Waals surface area contributed by atoms with Crippen LogP contribution in [-0.4, -0.2) is 50.6 Å². The van der Waals surface area contributed by atoms with E-state index >= 15 is 0 Å². The summed E-state index contributed by atoms with van der Waals surface area (Å²) in [5.74, 6) is 0.872. The number of methoxy groups -OCH3 is 2. The summed E-state index contributed by atoms with van der Waals surface area (Å²) in [5, 5.41) is 0. The molecule has 102 valence electrons. The van der Waals surface area contributed by atoms with Gasteiger partial charge in [0.05, 0.1) is 5.54 Å². The van der Waals surface area contributed by atoms with Crippen LogP contribution >= 0.6 is 0 Å². The van der Waals surface area contributed by atoms with Gasteiger partial charge < -0.3 is 15.2 Å². The fraction of sp³-hybridized carbons (Fsp3) is 1.00. The highest BCUT2D eigenvalue weighted by molar-refractivity contribution is 4.93. The van der Waals surface area contributed by atoms with Crippen LogP contribution < -0.4 is 5.73 Å². The molecule has 17 heavy (non-hydrogen) atoms. The SMILES string of the molecule is CCC1CCN(C(C)(CN)C(OC)OC)CC1. The molecule has 1 unspecified atom stereocenters. The van der Waals surface area contributed by atoms with Gasteiger partial charge in [0.25, 0.3) is 0 Å². The minimum atomic E-state index is -0.259. The fourth-order valence-corrected chi connectivity index (χ4v) is 2.83. The molecule has 1 fully saturated rings. The van der Waals surface area contributed by atoms with E-state index in [4.69, 9.17) is 15.2 Å². The van der Waals surface area contributed by atoms with Crippen molar-refractivity contribution < 1.29 is 9.47 Å². The molecule has 4 nitrogen and oxygen atoms in total. The molecule has 0 spiro atoms. The van der Waals surface area contributed by atoms with Gasteiger partial charge >= 0.3 is 0 Å². The maximum absolute atomic E-state index is 5.96. The highest BCUT2D eigenvalue weighted by atomic mass is 16.7. The van der Waals surface area contributed by atoms with E-state index in [-0.39, 0.29) is 11.8 Å². The lowest BCUT2D eigenvalue weighted by Gasteiger charge is -2.47. The van der Waals surface area contributed by atoms with Crippen LogP contribution in [0.2, 0.25) is 0 Å². The second-order valence-electron chi connectivity index (χ2n) is 5.20. The largest absolute Gasteiger partial charge is 0.354 e. The van der Waals surface area contributed by atoms with Crippen molar-refractivity contribution in [2.24, 2.45) is 11.7 Å². The van der Waals surface area contributed by atoms with Crippen LogP contribution in [0.15, 0.2) is 0 Å². The number of likely N-dealkylation sites (tertiary alicyclic amines) is 1. The van der Waals surface area contributed by atoms with Crippen molar-refractivity contribution in [3.63, 3.8) is 0 Å². The number of nitrogens with two attached hydrogens (primary N) is 1. The van der Waals surface area contributed by atoms with E-state index in [9.17, 15) is 0 Å². The van der Waals surface area contributed by atoms with Crippen LogP contribution in [0.3, 0.4) is 0 Å². The van der Waals surface area contributed by atoms with E-state index < -0.39 is 0 Å². The molecule has 0 saturated carbocycles. The van der Waals surface area contributed by atoms with Gasteiger partial charge in [0, 0.05) is 20.8 Å². The molecule has 1 saturated heterocycles. The van der Waals surface area contributed by atoms with E-state index in [2.05, 4.69) is 18.7 Å². The number of ether oxygens (including phenoxy) is 2. The summed E-state index contributed by atoms with van der Waals surface area (Å²) in [4.78, 5) is 2.43. The monoisotopic (exact) mass is 244 g/mol.